The summed E-state index contributed by atoms with van der Waals surface area (Å²) in [5.41, 5.74) is 4.37. The van der Waals surface area contributed by atoms with Crippen molar-refractivity contribution in [3.63, 3.8) is 0 Å². The molecule has 1 aliphatic rings. The maximum absolute atomic E-state index is 12.4. The molecule has 138 valence electrons. The molecule has 0 spiro atoms. The minimum atomic E-state index is -0.316. The molecule has 0 saturated heterocycles. The van der Waals surface area contributed by atoms with Crippen molar-refractivity contribution in [3.05, 3.63) is 81.8 Å². The number of benzene rings is 2. The molecule has 0 atom stereocenters. The molecule has 0 aliphatic heterocycles. The first-order valence-electron chi connectivity index (χ1n) is 8.99. The normalized spacial score (nSPS) is 12.7. The van der Waals surface area contributed by atoms with Crippen molar-refractivity contribution in [2.24, 2.45) is 0 Å². The molecular formula is C22H20ClNO3. The summed E-state index contributed by atoms with van der Waals surface area (Å²) in [5, 5.41) is 3.39. The van der Waals surface area contributed by atoms with Gasteiger partial charge in [-0.1, -0.05) is 23.7 Å². The van der Waals surface area contributed by atoms with E-state index in [9.17, 15) is 4.79 Å². The zero-order valence-electron chi connectivity index (χ0n) is 15.0. The summed E-state index contributed by atoms with van der Waals surface area (Å²) in [4.78, 5) is 12.4. The van der Waals surface area contributed by atoms with Crippen LogP contribution >= 0.6 is 11.6 Å². The van der Waals surface area contributed by atoms with Crippen LogP contribution in [0.3, 0.4) is 0 Å². The molecule has 1 aromatic heterocycles. The van der Waals surface area contributed by atoms with Crippen molar-refractivity contribution in [3.8, 4) is 5.75 Å². The van der Waals surface area contributed by atoms with Gasteiger partial charge in [0, 0.05) is 10.7 Å². The molecule has 2 aromatic carbocycles. The number of amides is 1. The van der Waals surface area contributed by atoms with Crippen LogP contribution in [0.5, 0.6) is 5.75 Å². The average molecular weight is 382 g/mol. The lowest BCUT2D eigenvalue weighted by Crippen LogP contribution is -2.11. The van der Waals surface area contributed by atoms with Gasteiger partial charge in [0.2, 0.25) is 0 Å². The van der Waals surface area contributed by atoms with E-state index in [1.807, 2.05) is 19.1 Å². The second-order valence-electron chi connectivity index (χ2n) is 6.75. The lowest BCUT2D eigenvalue weighted by Gasteiger charge is -2.08. The summed E-state index contributed by atoms with van der Waals surface area (Å²) in [5.74, 6) is 1.35. The third-order valence-electron chi connectivity index (χ3n) is 4.78. The first-order valence-corrected chi connectivity index (χ1v) is 9.37. The second-order valence-corrected chi connectivity index (χ2v) is 7.19. The second kappa shape index (κ2) is 7.49. The Labute approximate surface area is 163 Å². The fraction of sp³-hybridized carbons (Fsp3) is 0.227. The van der Waals surface area contributed by atoms with E-state index in [0.717, 1.165) is 24.2 Å². The predicted octanol–water partition coefficient (Wildman–Crippen LogP) is 5.56. The molecule has 4 nitrogen and oxygen atoms in total. The van der Waals surface area contributed by atoms with Gasteiger partial charge in [-0.3, -0.25) is 4.79 Å². The quantitative estimate of drug-likeness (QED) is 0.629. The van der Waals surface area contributed by atoms with Crippen molar-refractivity contribution >= 4 is 23.2 Å². The third-order valence-corrected chi connectivity index (χ3v) is 5.02. The van der Waals surface area contributed by atoms with E-state index < -0.39 is 0 Å². The Balaban J connectivity index is 1.39. The van der Waals surface area contributed by atoms with E-state index >= 15 is 0 Å². The van der Waals surface area contributed by atoms with Crippen molar-refractivity contribution < 1.29 is 13.9 Å². The summed E-state index contributed by atoms with van der Waals surface area (Å²) < 4.78 is 11.5. The number of halogens is 1. The van der Waals surface area contributed by atoms with Gasteiger partial charge in [0.15, 0.2) is 5.76 Å². The summed E-state index contributed by atoms with van der Waals surface area (Å²) >= 11 is 5.99. The molecule has 0 bridgehead atoms. The standard InChI is InChI=1S/C22H20ClNO3/c1-14-5-7-17(23)12-20(14)24-22(25)21-10-9-19(27-21)13-26-18-8-6-15-3-2-4-16(15)11-18/h5-12H,2-4,13H2,1H3,(H,24,25). The lowest BCUT2D eigenvalue weighted by molar-refractivity contribution is 0.0992. The number of hydrogen-bond acceptors (Lipinski definition) is 3. The Hall–Kier alpha value is -2.72. The van der Waals surface area contributed by atoms with E-state index in [-0.39, 0.29) is 18.3 Å². The monoisotopic (exact) mass is 381 g/mol. The number of carbonyl (C=O) groups is 1. The summed E-state index contributed by atoms with van der Waals surface area (Å²) in [6.07, 6.45) is 3.47. The van der Waals surface area contributed by atoms with Gasteiger partial charge in [-0.25, -0.2) is 0 Å². The van der Waals surface area contributed by atoms with Gasteiger partial charge in [0.25, 0.3) is 5.91 Å². The van der Waals surface area contributed by atoms with Crippen LogP contribution in [-0.2, 0) is 19.4 Å². The molecule has 0 saturated carbocycles. The van der Waals surface area contributed by atoms with Crippen molar-refractivity contribution in [1.29, 1.82) is 0 Å². The fourth-order valence-corrected chi connectivity index (χ4v) is 3.45. The molecule has 0 radical (unpaired) electrons. The van der Waals surface area contributed by atoms with Crippen molar-refractivity contribution in [2.45, 2.75) is 32.8 Å². The molecule has 3 aromatic rings. The van der Waals surface area contributed by atoms with Crippen LogP contribution in [0.25, 0.3) is 0 Å². The molecule has 1 N–H and O–H groups in total. The molecule has 5 heteroatoms. The highest BCUT2D eigenvalue weighted by Crippen LogP contribution is 2.27. The van der Waals surface area contributed by atoms with Crippen molar-refractivity contribution in [2.75, 3.05) is 5.32 Å². The number of hydrogen-bond donors (Lipinski definition) is 1. The molecule has 1 aliphatic carbocycles. The third kappa shape index (κ3) is 4.01. The molecular weight excluding hydrogens is 362 g/mol. The number of rotatable bonds is 5. The predicted molar refractivity (Wildman–Crippen MR) is 106 cm³/mol. The highest BCUT2D eigenvalue weighted by Gasteiger charge is 2.14. The van der Waals surface area contributed by atoms with Crippen molar-refractivity contribution in [1.82, 2.24) is 0 Å². The maximum atomic E-state index is 12.4. The highest BCUT2D eigenvalue weighted by molar-refractivity contribution is 6.31. The molecule has 27 heavy (non-hydrogen) atoms. The highest BCUT2D eigenvalue weighted by atomic mass is 35.5. The minimum absolute atomic E-state index is 0.238. The number of anilines is 1. The first-order chi connectivity index (χ1) is 13.1. The van der Waals surface area contributed by atoms with Gasteiger partial charge in [-0.05, 0) is 79.3 Å². The van der Waals surface area contributed by atoms with E-state index in [0.29, 0.717) is 16.5 Å². The first kappa shape index (κ1) is 17.7. The number of nitrogens with one attached hydrogen (secondary N) is 1. The van der Waals surface area contributed by atoms with Crippen LogP contribution in [0.15, 0.2) is 52.9 Å². The summed E-state index contributed by atoms with van der Waals surface area (Å²) in [7, 11) is 0. The number of furan rings is 1. The van der Waals surface area contributed by atoms with Gasteiger partial charge in [0.1, 0.15) is 18.1 Å². The molecule has 4 rings (SSSR count). The average Bonchev–Trinajstić information content (AvgIpc) is 3.31. The van der Waals surface area contributed by atoms with Crippen LogP contribution < -0.4 is 10.1 Å². The van der Waals surface area contributed by atoms with E-state index in [1.165, 1.54) is 17.5 Å². The largest absolute Gasteiger partial charge is 0.486 e. The number of ether oxygens (including phenoxy) is 1. The van der Waals surface area contributed by atoms with Gasteiger partial charge >= 0.3 is 0 Å². The molecule has 1 amide bonds. The minimum Gasteiger partial charge on any atom is -0.486 e. The van der Waals surface area contributed by atoms with E-state index in [1.54, 1.807) is 24.3 Å². The summed E-state index contributed by atoms with van der Waals surface area (Å²) in [6, 6.07) is 15.0. The van der Waals surface area contributed by atoms with Crippen LogP contribution in [0.2, 0.25) is 5.02 Å². The topological polar surface area (TPSA) is 51.5 Å². The van der Waals surface area contributed by atoms with Crippen LogP contribution in [0, 0.1) is 6.92 Å². The SMILES string of the molecule is Cc1ccc(Cl)cc1NC(=O)c1ccc(COc2ccc3c(c2)CCC3)o1. The molecule has 0 fully saturated rings. The summed E-state index contributed by atoms with van der Waals surface area (Å²) in [6.45, 7) is 2.19. The van der Waals surface area contributed by atoms with Gasteiger partial charge < -0.3 is 14.5 Å². The number of carbonyl (C=O) groups excluding carboxylic acids is 1. The molecule has 1 heterocycles. The van der Waals surface area contributed by atoms with Gasteiger partial charge in [-0.2, -0.15) is 0 Å². The fourth-order valence-electron chi connectivity index (χ4n) is 3.28. The van der Waals surface area contributed by atoms with Gasteiger partial charge in [-0.15, -0.1) is 0 Å². The van der Waals surface area contributed by atoms with Crippen LogP contribution in [0.4, 0.5) is 5.69 Å². The Kier molecular flexibility index (Phi) is 4.90. The Morgan fingerprint density at radius 2 is 1.96 bits per heavy atom. The number of fused-ring (bicyclic) bond motifs is 1. The van der Waals surface area contributed by atoms with E-state index in [2.05, 4.69) is 17.4 Å². The maximum Gasteiger partial charge on any atom is 0.291 e. The zero-order chi connectivity index (χ0) is 18.8. The number of aryl methyl sites for hydroxylation is 3. The molecule has 0 unspecified atom stereocenters. The van der Waals surface area contributed by atoms with Gasteiger partial charge in [0.05, 0.1) is 0 Å². The van der Waals surface area contributed by atoms with Crippen LogP contribution in [0.1, 0.15) is 39.4 Å². The lowest BCUT2D eigenvalue weighted by atomic mass is 10.1. The zero-order valence-corrected chi connectivity index (χ0v) is 15.8. The van der Waals surface area contributed by atoms with E-state index in [4.69, 9.17) is 20.8 Å². The Morgan fingerprint density at radius 1 is 1.11 bits per heavy atom. The van der Waals surface area contributed by atoms with Crippen LogP contribution in [-0.4, -0.2) is 5.91 Å². The Morgan fingerprint density at radius 3 is 2.85 bits per heavy atom. The smallest absolute Gasteiger partial charge is 0.291 e. The Bertz CT molecular complexity index is 993.